The van der Waals surface area contributed by atoms with E-state index in [1.165, 1.54) is 0 Å². The van der Waals surface area contributed by atoms with Crippen molar-refractivity contribution in [2.45, 2.75) is 50.6 Å². The molecule has 1 aromatic carbocycles. The summed E-state index contributed by atoms with van der Waals surface area (Å²) in [7, 11) is 0. The van der Waals surface area contributed by atoms with Gasteiger partial charge in [0.15, 0.2) is 0 Å². The van der Waals surface area contributed by atoms with Gasteiger partial charge in [0, 0.05) is 53.1 Å². The van der Waals surface area contributed by atoms with Crippen LogP contribution in [0, 0.1) is 0 Å². The van der Waals surface area contributed by atoms with Crippen molar-refractivity contribution in [1.82, 2.24) is 20.2 Å². The van der Waals surface area contributed by atoms with Crippen molar-refractivity contribution >= 4 is 46.1 Å². The van der Waals surface area contributed by atoms with E-state index in [-0.39, 0.29) is 30.3 Å². The molecule has 4 N–H and O–H groups in total. The molecular formula is C23H27ClN4O4. The number of halogens is 1. The smallest absolute Gasteiger partial charge is 0.303 e. The maximum Gasteiger partial charge on any atom is 0.303 e. The van der Waals surface area contributed by atoms with Crippen LogP contribution in [0.2, 0.25) is 0 Å². The lowest BCUT2D eigenvalue weighted by molar-refractivity contribution is -0.136. The predicted octanol–water partition coefficient (Wildman–Crippen LogP) is 2.81. The minimum atomic E-state index is -0.889. The molecule has 0 radical (unpaired) electrons. The lowest BCUT2D eigenvalue weighted by Crippen LogP contribution is -2.42. The Bertz CT molecular complexity index is 1220. The number of H-pyrrole nitrogens is 2. The molecule has 5 rings (SSSR count). The number of aromatic nitrogens is 2. The van der Waals surface area contributed by atoms with Gasteiger partial charge >= 0.3 is 5.97 Å². The minimum Gasteiger partial charge on any atom is -0.481 e. The number of benzene rings is 1. The van der Waals surface area contributed by atoms with Crippen LogP contribution in [0.4, 0.5) is 0 Å². The van der Waals surface area contributed by atoms with Gasteiger partial charge in [0.05, 0.1) is 0 Å². The van der Waals surface area contributed by atoms with Gasteiger partial charge in [-0.2, -0.15) is 0 Å². The van der Waals surface area contributed by atoms with Crippen LogP contribution in [-0.4, -0.2) is 57.0 Å². The highest BCUT2D eigenvalue weighted by Gasteiger charge is 2.35. The van der Waals surface area contributed by atoms with E-state index in [2.05, 4.69) is 15.3 Å². The van der Waals surface area contributed by atoms with E-state index in [0.717, 1.165) is 49.7 Å². The van der Waals surface area contributed by atoms with Gasteiger partial charge in [-0.25, -0.2) is 0 Å². The van der Waals surface area contributed by atoms with Crippen LogP contribution in [-0.2, 0) is 11.2 Å². The quantitative estimate of drug-likeness (QED) is 0.434. The Morgan fingerprint density at radius 3 is 2.69 bits per heavy atom. The summed E-state index contributed by atoms with van der Waals surface area (Å²) in [6.07, 6.45) is 6.30. The van der Waals surface area contributed by atoms with Gasteiger partial charge in [-0.3, -0.25) is 14.4 Å². The predicted molar refractivity (Wildman–Crippen MR) is 125 cm³/mol. The van der Waals surface area contributed by atoms with E-state index in [9.17, 15) is 14.4 Å². The standard InChI is InChI=1S/C23H26N4O4.ClH/c28-19(29)8-4-14-11-25-21-20(14)17-10-13(3-7-18(17)26-22(21)30)23(31)27(16-5-6-16)12-15-2-1-9-24-15;/h3,7,10-11,15-16,24-25H,1-2,4-6,8-9,12H2,(H,26,30)(H,28,29);1H. The number of aromatic amines is 2. The molecular weight excluding hydrogens is 432 g/mol. The summed E-state index contributed by atoms with van der Waals surface area (Å²) in [5, 5.41) is 14.0. The van der Waals surface area contributed by atoms with Crippen molar-refractivity contribution in [1.29, 1.82) is 0 Å². The summed E-state index contributed by atoms with van der Waals surface area (Å²) in [5.74, 6) is -0.875. The van der Waals surface area contributed by atoms with Crippen molar-refractivity contribution in [3.8, 4) is 0 Å². The van der Waals surface area contributed by atoms with Crippen LogP contribution in [0.3, 0.4) is 0 Å². The third-order valence-electron chi connectivity index (χ3n) is 6.41. The van der Waals surface area contributed by atoms with E-state index in [1.54, 1.807) is 18.3 Å². The molecule has 3 heterocycles. The number of hydrogen-bond acceptors (Lipinski definition) is 4. The zero-order valence-corrected chi connectivity index (χ0v) is 18.5. The number of pyridine rings is 1. The third kappa shape index (κ3) is 4.25. The van der Waals surface area contributed by atoms with Gasteiger partial charge in [0.1, 0.15) is 5.52 Å². The number of aliphatic carboxylic acids is 1. The zero-order valence-electron chi connectivity index (χ0n) is 17.6. The molecule has 170 valence electrons. The minimum absolute atomic E-state index is 0. The summed E-state index contributed by atoms with van der Waals surface area (Å²) in [6.45, 7) is 1.72. The molecule has 1 aliphatic heterocycles. The number of nitrogens with one attached hydrogen (secondary N) is 3. The third-order valence-corrected chi connectivity index (χ3v) is 6.41. The number of hydrogen-bond donors (Lipinski definition) is 4. The number of fused-ring (bicyclic) bond motifs is 3. The molecule has 1 aliphatic carbocycles. The molecule has 1 unspecified atom stereocenters. The van der Waals surface area contributed by atoms with Crippen molar-refractivity contribution in [2.75, 3.05) is 13.1 Å². The number of carboxylic acid groups (broad SMARTS) is 1. The molecule has 2 aromatic heterocycles. The molecule has 0 bridgehead atoms. The van der Waals surface area contributed by atoms with Crippen LogP contribution >= 0.6 is 12.4 Å². The molecule has 8 nitrogen and oxygen atoms in total. The van der Waals surface area contributed by atoms with E-state index in [1.807, 2.05) is 11.0 Å². The molecule has 2 aliphatic rings. The normalized spacial score (nSPS) is 18.1. The summed E-state index contributed by atoms with van der Waals surface area (Å²) < 4.78 is 0. The highest BCUT2D eigenvalue weighted by Crippen LogP contribution is 2.31. The number of carboxylic acids is 1. The first kappa shape index (κ1) is 22.4. The van der Waals surface area contributed by atoms with Gasteiger partial charge in [0.25, 0.3) is 11.5 Å². The fourth-order valence-electron chi connectivity index (χ4n) is 4.67. The largest absolute Gasteiger partial charge is 0.481 e. The van der Waals surface area contributed by atoms with Crippen LogP contribution in [0.25, 0.3) is 21.8 Å². The first-order valence-corrected chi connectivity index (χ1v) is 10.9. The Labute approximate surface area is 190 Å². The number of carbonyl (C=O) groups excluding carboxylic acids is 1. The van der Waals surface area contributed by atoms with Crippen LogP contribution in [0.5, 0.6) is 0 Å². The summed E-state index contributed by atoms with van der Waals surface area (Å²) in [4.78, 5) is 44.8. The average Bonchev–Trinajstić information content (AvgIpc) is 3.28. The Balaban J connectivity index is 0.00000245. The molecule has 2 fully saturated rings. The highest BCUT2D eigenvalue weighted by atomic mass is 35.5. The molecule has 9 heteroatoms. The molecule has 1 saturated heterocycles. The number of carbonyl (C=O) groups is 2. The first-order chi connectivity index (χ1) is 15.0. The van der Waals surface area contributed by atoms with Crippen molar-refractivity contribution in [2.24, 2.45) is 0 Å². The second-order valence-corrected chi connectivity index (χ2v) is 8.65. The van der Waals surface area contributed by atoms with Gasteiger partial charge in [-0.1, -0.05) is 0 Å². The summed E-state index contributed by atoms with van der Waals surface area (Å²) in [6, 6.07) is 6.04. The summed E-state index contributed by atoms with van der Waals surface area (Å²) in [5.41, 5.74) is 2.16. The molecule has 1 saturated carbocycles. The van der Waals surface area contributed by atoms with E-state index in [0.29, 0.717) is 40.5 Å². The topological polar surface area (TPSA) is 118 Å². The lowest BCUT2D eigenvalue weighted by Gasteiger charge is -2.26. The zero-order chi connectivity index (χ0) is 21.5. The van der Waals surface area contributed by atoms with Gasteiger partial charge < -0.3 is 25.3 Å². The Morgan fingerprint density at radius 2 is 2.00 bits per heavy atom. The average molecular weight is 459 g/mol. The SMILES string of the molecule is Cl.O=C(O)CCc1c[nH]c2c(=O)[nH]c3ccc(C(=O)N(CC4CCCN4)C4CC4)cc3c12. The second-order valence-electron chi connectivity index (χ2n) is 8.65. The summed E-state index contributed by atoms with van der Waals surface area (Å²) >= 11 is 0. The van der Waals surface area contributed by atoms with E-state index >= 15 is 0 Å². The number of nitrogens with zero attached hydrogens (tertiary/aromatic N) is 1. The Kier molecular flexibility index (Phi) is 6.26. The van der Waals surface area contributed by atoms with Crippen molar-refractivity contribution in [3.05, 3.63) is 45.9 Å². The van der Waals surface area contributed by atoms with Crippen molar-refractivity contribution in [3.63, 3.8) is 0 Å². The molecule has 3 aromatic rings. The fraction of sp³-hybridized carbons (Fsp3) is 0.435. The fourth-order valence-corrected chi connectivity index (χ4v) is 4.67. The molecule has 1 atom stereocenters. The second kappa shape index (κ2) is 8.96. The van der Waals surface area contributed by atoms with Gasteiger partial charge in [-0.15, -0.1) is 12.4 Å². The van der Waals surface area contributed by atoms with E-state index in [4.69, 9.17) is 5.11 Å². The van der Waals surface area contributed by atoms with Crippen molar-refractivity contribution < 1.29 is 14.7 Å². The maximum absolute atomic E-state index is 13.4. The first-order valence-electron chi connectivity index (χ1n) is 10.9. The maximum atomic E-state index is 13.4. The number of aryl methyl sites for hydroxylation is 1. The monoisotopic (exact) mass is 458 g/mol. The van der Waals surface area contributed by atoms with Crippen LogP contribution in [0.15, 0.2) is 29.2 Å². The number of rotatable bonds is 7. The molecule has 0 spiro atoms. The lowest BCUT2D eigenvalue weighted by atomic mass is 10.0. The Morgan fingerprint density at radius 1 is 1.19 bits per heavy atom. The van der Waals surface area contributed by atoms with Crippen LogP contribution < -0.4 is 10.9 Å². The highest BCUT2D eigenvalue weighted by molar-refractivity contribution is 6.09. The number of amides is 1. The van der Waals surface area contributed by atoms with Gasteiger partial charge in [0.2, 0.25) is 0 Å². The van der Waals surface area contributed by atoms with E-state index < -0.39 is 5.97 Å². The Hall–Kier alpha value is -2.84. The van der Waals surface area contributed by atoms with Crippen LogP contribution in [0.1, 0.15) is 48.0 Å². The molecule has 1 amide bonds. The molecule has 32 heavy (non-hydrogen) atoms. The van der Waals surface area contributed by atoms with Gasteiger partial charge in [-0.05, 0) is 62.4 Å².